The number of nitrogens with zero attached hydrogens (tertiary/aromatic N) is 2. The lowest BCUT2D eigenvalue weighted by atomic mass is 10.1. The average Bonchev–Trinajstić information content (AvgIpc) is 2.77. The number of nitro benzene ring substituents is 1. The number of halogens is 1. The summed E-state index contributed by atoms with van der Waals surface area (Å²) in [5.74, 6) is -0.220. The number of anilines is 1. The first-order chi connectivity index (χ1) is 8.60. The standard InChI is InChI=1S/C12H15FN2O3/c13-10-5-11(7-12(6-10)15(17)18)14-3-1-9(8-14)2-4-16/h5-7,9,16H,1-4,8H2. The minimum atomic E-state index is -0.593. The molecule has 0 aromatic heterocycles. The highest BCUT2D eigenvalue weighted by Crippen LogP contribution is 2.29. The maximum Gasteiger partial charge on any atom is 0.274 e. The largest absolute Gasteiger partial charge is 0.396 e. The van der Waals surface area contributed by atoms with Gasteiger partial charge in [0, 0.05) is 31.5 Å². The third-order valence-electron chi connectivity index (χ3n) is 3.27. The number of aliphatic hydroxyl groups excluding tert-OH is 1. The molecular formula is C12H15FN2O3. The van der Waals surface area contributed by atoms with Gasteiger partial charge in [0.05, 0.1) is 11.0 Å². The molecule has 0 saturated carbocycles. The van der Waals surface area contributed by atoms with Gasteiger partial charge in [-0.1, -0.05) is 0 Å². The average molecular weight is 254 g/mol. The van der Waals surface area contributed by atoms with E-state index in [1.54, 1.807) is 0 Å². The molecule has 1 N–H and O–H groups in total. The van der Waals surface area contributed by atoms with Crippen LogP contribution in [0.15, 0.2) is 18.2 Å². The molecule has 1 aliphatic rings. The highest BCUT2D eigenvalue weighted by Gasteiger charge is 2.23. The molecule has 1 aromatic carbocycles. The summed E-state index contributed by atoms with van der Waals surface area (Å²) in [6, 6.07) is 3.63. The number of rotatable bonds is 4. The smallest absolute Gasteiger partial charge is 0.274 e. The van der Waals surface area contributed by atoms with E-state index in [9.17, 15) is 14.5 Å². The van der Waals surface area contributed by atoms with E-state index in [4.69, 9.17) is 5.11 Å². The van der Waals surface area contributed by atoms with Crippen LogP contribution in [-0.2, 0) is 0 Å². The Balaban J connectivity index is 2.16. The van der Waals surface area contributed by atoms with Crippen LogP contribution in [0.5, 0.6) is 0 Å². The lowest BCUT2D eigenvalue weighted by Gasteiger charge is -2.18. The Morgan fingerprint density at radius 3 is 2.94 bits per heavy atom. The van der Waals surface area contributed by atoms with Gasteiger partial charge in [-0.25, -0.2) is 4.39 Å². The van der Waals surface area contributed by atoms with E-state index in [-0.39, 0.29) is 12.3 Å². The molecule has 1 atom stereocenters. The topological polar surface area (TPSA) is 66.6 Å². The second kappa shape index (κ2) is 5.30. The van der Waals surface area contributed by atoms with Crippen molar-refractivity contribution in [3.05, 3.63) is 34.1 Å². The number of hydrogen-bond donors (Lipinski definition) is 1. The molecule has 2 rings (SSSR count). The second-order valence-electron chi connectivity index (χ2n) is 4.54. The van der Waals surface area contributed by atoms with Gasteiger partial charge in [0.15, 0.2) is 0 Å². The number of benzene rings is 1. The Bertz CT molecular complexity index is 453. The minimum absolute atomic E-state index is 0.141. The van der Waals surface area contributed by atoms with Gasteiger partial charge in [-0.15, -0.1) is 0 Å². The summed E-state index contributed by atoms with van der Waals surface area (Å²) in [6.45, 7) is 1.59. The van der Waals surface area contributed by atoms with Gasteiger partial charge in [0.25, 0.3) is 5.69 Å². The van der Waals surface area contributed by atoms with Crippen molar-refractivity contribution < 1.29 is 14.4 Å². The lowest BCUT2D eigenvalue weighted by Crippen LogP contribution is -2.20. The fourth-order valence-corrected chi connectivity index (χ4v) is 2.33. The van der Waals surface area contributed by atoms with E-state index in [0.717, 1.165) is 19.0 Å². The van der Waals surface area contributed by atoms with Gasteiger partial charge in [-0.2, -0.15) is 0 Å². The Hall–Kier alpha value is -1.69. The van der Waals surface area contributed by atoms with Crippen LogP contribution in [0.3, 0.4) is 0 Å². The van der Waals surface area contributed by atoms with Gasteiger partial charge in [0.2, 0.25) is 0 Å². The van der Waals surface area contributed by atoms with Gasteiger partial charge < -0.3 is 10.0 Å². The summed E-state index contributed by atoms with van der Waals surface area (Å²) in [7, 11) is 0. The Morgan fingerprint density at radius 1 is 1.50 bits per heavy atom. The van der Waals surface area contributed by atoms with E-state index < -0.39 is 10.7 Å². The van der Waals surface area contributed by atoms with Crippen LogP contribution in [0.2, 0.25) is 0 Å². The molecule has 1 heterocycles. The van der Waals surface area contributed by atoms with Crippen LogP contribution in [0.25, 0.3) is 0 Å². The molecule has 6 heteroatoms. The highest BCUT2D eigenvalue weighted by atomic mass is 19.1. The summed E-state index contributed by atoms with van der Waals surface area (Å²) in [5.41, 5.74) is 0.317. The van der Waals surface area contributed by atoms with Crippen molar-refractivity contribution in [2.75, 3.05) is 24.6 Å². The van der Waals surface area contributed by atoms with E-state index in [1.165, 1.54) is 12.1 Å². The van der Waals surface area contributed by atoms with E-state index in [2.05, 4.69) is 0 Å². The van der Waals surface area contributed by atoms with E-state index >= 15 is 0 Å². The molecule has 0 amide bonds. The number of non-ortho nitro benzene ring substituents is 1. The van der Waals surface area contributed by atoms with Crippen LogP contribution < -0.4 is 4.90 Å². The molecule has 1 saturated heterocycles. The van der Waals surface area contributed by atoms with Crippen LogP contribution in [0.4, 0.5) is 15.8 Å². The maximum atomic E-state index is 13.3. The number of nitro groups is 1. The highest BCUT2D eigenvalue weighted by molar-refractivity contribution is 5.54. The minimum Gasteiger partial charge on any atom is -0.396 e. The molecule has 98 valence electrons. The van der Waals surface area contributed by atoms with E-state index in [1.807, 2.05) is 4.90 Å². The molecule has 1 aromatic rings. The molecule has 1 aliphatic heterocycles. The quantitative estimate of drug-likeness (QED) is 0.658. The van der Waals surface area contributed by atoms with Crippen molar-refractivity contribution in [2.24, 2.45) is 5.92 Å². The summed E-state index contributed by atoms with van der Waals surface area (Å²) < 4.78 is 13.3. The van der Waals surface area contributed by atoms with Crippen molar-refractivity contribution in [3.8, 4) is 0 Å². The molecule has 1 unspecified atom stereocenters. The van der Waals surface area contributed by atoms with Crippen molar-refractivity contribution in [3.63, 3.8) is 0 Å². The number of aliphatic hydroxyl groups is 1. The molecular weight excluding hydrogens is 239 g/mol. The van der Waals surface area contributed by atoms with Gasteiger partial charge in [-0.05, 0) is 24.8 Å². The first-order valence-electron chi connectivity index (χ1n) is 5.91. The van der Waals surface area contributed by atoms with Gasteiger partial charge in [0.1, 0.15) is 5.82 Å². The Morgan fingerprint density at radius 2 is 2.28 bits per heavy atom. The van der Waals surface area contributed by atoms with Gasteiger partial charge in [-0.3, -0.25) is 10.1 Å². The van der Waals surface area contributed by atoms with Crippen molar-refractivity contribution >= 4 is 11.4 Å². The predicted octanol–water partition coefficient (Wildman–Crippen LogP) is 1.94. The first kappa shape index (κ1) is 12.8. The monoisotopic (exact) mass is 254 g/mol. The van der Waals surface area contributed by atoms with Crippen LogP contribution in [0.1, 0.15) is 12.8 Å². The van der Waals surface area contributed by atoms with Crippen molar-refractivity contribution in [2.45, 2.75) is 12.8 Å². The van der Waals surface area contributed by atoms with Crippen molar-refractivity contribution in [1.82, 2.24) is 0 Å². The molecule has 18 heavy (non-hydrogen) atoms. The Kier molecular flexibility index (Phi) is 3.76. The zero-order valence-corrected chi connectivity index (χ0v) is 9.88. The third kappa shape index (κ3) is 2.76. The zero-order chi connectivity index (χ0) is 13.1. The normalized spacial score (nSPS) is 19.2. The molecule has 0 spiro atoms. The predicted molar refractivity (Wildman–Crippen MR) is 65.1 cm³/mol. The van der Waals surface area contributed by atoms with Crippen molar-refractivity contribution in [1.29, 1.82) is 0 Å². The molecule has 0 aliphatic carbocycles. The third-order valence-corrected chi connectivity index (χ3v) is 3.27. The number of hydrogen-bond acceptors (Lipinski definition) is 4. The fraction of sp³-hybridized carbons (Fsp3) is 0.500. The molecule has 1 fully saturated rings. The van der Waals surface area contributed by atoms with Crippen LogP contribution in [-0.4, -0.2) is 29.7 Å². The maximum absolute atomic E-state index is 13.3. The second-order valence-corrected chi connectivity index (χ2v) is 4.54. The summed E-state index contributed by atoms with van der Waals surface area (Å²) in [5, 5.41) is 19.6. The molecule has 5 nitrogen and oxygen atoms in total. The molecule has 0 bridgehead atoms. The Labute approximate surface area is 104 Å². The SMILES string of the molecule is O=[N+]([O-])c1cc(F)cc(N2CCC(CCO)C2)c1. The van der Waals surface area contributed by atoms with Gasteiger partial charge >= 0.3 is 0 Å². The summed E-state index contributed by atoms with van der Waals surface area (Å²) in [4.78, 5) is 12.0. The lowest BCUT2D eigenvalue weighted by molar-refractivity contribution is -0.385. The van der Waals surface area contributed by atoms with E-state index in [0.29, 0.717) is 24.6 Å². The first-order valence-corrected chi connectivity index (χ1v) is 5.91. The summed E-state index contributed by atoms with van der Waals surface area (Å²) >= 11 is 0. The van der Waals surface area contributed by atoms with Crippen LogP contribution in [0, 0.1) is 21.8 Å². The van der Waals surface area contributed by atoms with Crippen LogP contribution >= 0.6 is 0 Å². The summed E-state index contributed by atoms with van der Waals surface area (Å²) in [6.07, 6.45) is 1.64. The molecule has 0 radical (unpaired) electrons. The zero-order valence-electron chi connectivity index (χ0n) is 9.88. The fourth-order valence-electron chi connectivity index (χ4n) is 2.33.